The van der Waals surface area contributed by atoms with Gasteiger partial charge in [-0.15, -0.1) is 0 Å². The molecular weight excluding hydrogens is 312 g/mol. The lowest BCUT2D eigenvalue weighted by atomic mass is 9.99. The van der Waals surface area contributed by atoms with E-state index in [-0.39, 0.29) is 12.1 Å². The van der Waals surface area contributed by atoms with E-state index in [0.29, 0.717) is 0 Å². The first kappa shape index (κ1) is 17.8. The summed E-state index contributed by atoms with van der Waals surface area (Å²) in [6.07, 6.45) is 5.32. The van der Waals surface area contributed by atoms with Gasteiger partial charge in [-0.2, -0.15) is 0 Å². The summed E-state index contributed by atoms with van der Waals surface area (Å²) in [6.45, 7) is 3.16. The van der Waals surface area contributed by atoms with Crippen LogP contribution in [-0.4, -0.2) is 25.3 Å². The van der Waals surface area contributed by atoms with Crippen molar-refractivity contribution in [1.29, 1.82) is 0 Å². The number of aryl methyl sites for hydroxylation is 1. The summed E-state index contributed by atoms with van der Waals surface area (Å²) in [7, 11) is 0. The van der Waals surface area contributed by atoms with E-state index in [1.165, 1.54) is 12.0 Å². The number of rotatable bonds is 7. The molecule has 1 saturated heterocycles. The molecule has 1 atom stereocenters. The van der Waals surface area contributed by atoms with Crippen LogP contribution in [-0.2, 0) is 15.9 Å². The lowest BCUT2D eigenvalue weighted by Crippen LogP contribution is -2.22. The Morgan fingerprint density at radius 1 is 1.12 bits per heavy atom. The van der Waals surface area contributed by atoms with Gasteiger partial charge in [0, 0.05) is 12.2 Å². The first-order chi connectivity index (χ1) is 12.2. The molecule has 3 nitrogen and oxygen atoms in total. The van der Waals surface area contributed by atoms with E-state index < -0.39 is 0 Å². The molecular formula is C22H26O3. The third kappa shape index (κ3) is 5.25. The van der Waals surface area contributed by atoms with Crippen molar-refractivity contribution >= 4 is 5.78 Å². The normalized spacial score (nSPS) is 17.4. The van der Waals surface area contributed by atoms with Gasteiger partial charge >= 0.3 is 0 Å². The Balaban J connectivity index is 1.56. The van der Waals surface area contributed by atoms with E-state index in [0.717, 1.165) is 55.6 Å². The van der Waals surface area contributed by atoms with Gasteiger partial charge in [0.2, 0.25) is 0 Å². The van der Waals surface area contributed by atoms with Crippen molar-refractivity contribution in [2.75, 3.05) is 13.2 Å². The van der Waals surface area contributed by atoms with Gasteiger partial charge in [0.25, 0.3) is 0 Å². The van der Waals surface area contributed by atoms with Gasteiger partial charge in [-0.3, -0.25) is 4.79 Å². The summed E-state index contributed by atoms with van der Waals surface area (Å²) in [5.74, 6) is 0.0973. The van der Waals surface area contributed by atoms with Crippen LogP contribution < -0.4 is 0 Å². The number of ether oxygens (including phenoxy) is 2. The molecule has 0 aliphatic carbocycles. The second-order valence-electron chi connectivity index (χ2n) is 6.61. The molecule has 0 spiro atoms. The highest BCUT2D eigenvalue weighted by Crippen LogP contribution is 2.22. The summed E-state index contributed by atoms with van der Waals surface area (Å²) >= 11 is 0. The van der Waals surface area contributed by atoms with Crippen LogP contribution in [0.1, 0.15) is 48.5 Å². The molecule has 0 amide bonds. The largest absolute Gasteiger partial charge is 0.353 e. The molecule has 132 valence electrons. The van der Waals surface area contributed by atoms with Crippen molar-refractivity contribution in [2.24, 2.45) is 0 Å². The van der Waals surface area contributed by atoms with E-state index in [9.17, 15) is 4.79 Å². The van der Waals surface area contributed by atoms with Crippen LogP contribution in [0, 0.1) is 0 Å². The standard InChI is InChI=1S/C22H26O3/c1-17(23)19-9-5-11-21(16-19)20-10-4-7-18(15-20)8-6-14-25-22-12-2-3-13-24-22/h4-5,7,9-11,15-16,22H,2-3,6,8,12-14H2,1H3. The fraction of sp³-hybridized carbons (Fsp3) is 0.409. The SMILES string of the molecule is CC(=O)c1cccc(-c2cccc(CCCOC3CCCCO3)c2)c1. The number of benzene rings is 2. The zero-order valence-corrected chi connectivity index (χ0v) is 14.9. The number of hydrogen-bond acceptors (Lipinski definition) is 3. The van der Waals surface area contributed by atoms with Gasteiger partial charge in [-0.1, -0.05) is 42.5 Å². The number of carbonyl (C=O) groups is 1. The molecule has 3 rings (SSSR count). The molecule has 0 saturated carbocycles. The molecule has 1 aliphatic heterocycles. The maximum atomic E-state index is 11.6. The van der Waals surface area contributed by atoms with Crippen LogP contribution >= 0.6 is 0 Å². The molecule has 1 heterocycles. The van der Waals surface area contributed by atoms with Gasteiger partial charge in [-0.05, 0) is 61.8 Å². The van der Waals surface area contributed by atoms with Crippen molar-refractivity contribution in [3.8, 4) is 11.1 Å². The topological polar surface area (TPSA) is 35.5 Å². The van der Waals surface area contributed by atoms with Crippen LogP contribution in [0.25, 0.3) is 11.1 Å². The molecule has 1 unspecified atom stereocenters. The van der Waals surface area contributed by atoms with Gasteiger partial charge in [0.1, 0.15) is 0 Å². The first-order valence-electron chi connectivity index (χ1n) is 9.16. The third-order valence-corrected chi connectivity index (χ3v) is 4.58. The Hall–Kier alpha value is -1.97. The summed E-state index contributed by atoms with van der Waals surface area (Å²) in [6, 6.07) is 16.3. The lowest BCUT2D eigenvalue weighted by molar-refractivity contribution is -0.162. The minimum Gasteiger partial charge on any atom is -0.353 e. The van der Waals surface area contributed by atoms with Gasteiger partial charge in [0.05, 0.1) is 6.61 Å². The van der Waals surface area contributed by atoms with E-state index in [1.807, 2.05) is 18.2 Å². The minimum atomic E-state index is -0.00518. The fourth-order valence-corrected chi connectivity index (χ4v) is 3.16. The molecule has 0 radical (unpaired) electrons. The maximum Gasteiger partial charge on any atom is 0.159 e. The molecule has 1 aliphatic rings. The highest BCUT2D eigenvalue weighted by Gasteiger charge is 2.13. The molecule has 25 heavy (non-hydrogen) atoms. The predicted octanol–water partition coefficient (Wildman–Crippen LogP) is 5.03. The van der Waals surface area contributed by atoms with Crippen LogP contribution in [0.5, 0.6) is 0 Å². The van der Waals surface area contributed by atoms with Crippen LogP contribution in [0.15, 0.2) is 48.5 Å². The maximum absolute atomic E-state index is 11.6. The molecule has 0 aromatic heterocycles. The van der Waals surface area contributed by atoms with Crippen molar-refractivity contribution < 1.29 is 14.3 Å². The molecule has 2 aromatic carbocycles. The molecule has 0 bridgehead atoms. The Bertz CT molecular complexity index is 702. The summed E-state index contributed by atoms with van der Waals surface area (Å²) in [5, 5.41) is 0. The predicted molar refractivity (Wildman–Crippen MR) is 99.7 cm³/mol. The zero-order chi connectivity index (χ0) is 17.5. The van der Waals surface area contributed by atoms with Gasteiger partial charge in [0.15, 0.2) is 12.1 Å². The van der Waals surface area contributed by atoms with Crippen molar-refractivity contribution in [2.45, 2.75) is 45.3 Å². The van der Waals surface area contributed by atoms with E-state index in [2.05, 4.69) is 30.3 Å². The van der Waals surface area contributed by atoms with E-state index >= 15 is 0 Å². The van der Waals surface area contributed by atoms with Gasteiger partial charge < -0.3 is 9.47 Å². The fourth-order valence-electron chi connectivity index (χ4n) is 3.16. The Morgan fingerprint density at radius 3 is 2.68 bits per heavy atom. The number of ketones is 1. The summed E-state index contributed by atoms with van der Waals surface area (Å²) in [4.78, 5) is 11.6. The van der Waals surface area contributed by atoms with E-state index in [1.54, 1.807) is 6.92 Å². The van der Waals surface area contributed by atoms with Crippen molar-refractivity contribution in [1.82, 2.24) is 0 Å². The molecule has 0 N–H and O–H groups in total. The van der Waals surface area contributed by atoms with Crippen molar-refractivity contribution in [3.63, 3.8) is 0 Å². The quantitative estimate of drug-likeness (QED) is 0.524. The Morgan fingerprint density at radius 2 is 1.92 bits per heavy atom. The third-order valence-electron chi connectivity index (χ3n) is 4.58. The smallest absolute Gasteiger partial charge is 0.159 e. The second-order valence-corrected chi connectivity index (χ2v) is 6.61. The number of carbonyl (C=O) groups excluding carboxylic acids is 1. The zero-order valence-electron chi connectivity index (χ0n) is 14.9. The Kier molecular flexibility index (Phi) is 6.37. The van der Waals surface area contributed by atoms with E-state index in [4.69, 9.17) is 9.47 Å². The van der Waals surface area contributed by atoms with Gasteiger partial charge in [-0.25, -0.2) is 0 Å². The van der Waals surface area contributed by atoms with Crippen LogP contribution in [0.3, 0.4) is 0 Å². The average molecular weight is 338 g/mol. The highest BCUT2D eigenvalue weighted by molar-refractivity contribution is 5.95. The monoisotopic (exact) mass is 338 g/mol. The number of hydrogen-bond donors (Lipinski definition) is 0. The second kappa shape index (κ2) is 8.93. The Labute approximate surface area is 150 Å². The number of Topliss-reactive ketones (excluding diaryl/α,β-unsaturated/α-hetero) is 1. The molecule has 1 fully saturated rings. The summed E-state index contributed by atoms with van der Waals surface area (Å²) < 4.78 is 11.4. The van der Waals surface area contributed by atoms with Crippen molar-refractivity contribution in [3.05, 3.63) is 59.7 Å². The lowest BCUT2D eigenvalue weighted by Gasteiger charge is -2.22. The summed E-state index contributed by atoms with van der Waals surface area (Å²) in [5.41, 5.74) is 4.28. The molecule has 2 aromatic rings. The first-order valence-corrected chi connectivity index (χ1v) is 9.16. The average Bonchev–Trinajstić information content (AvgIpc) is 2.66. The van der Waals surface area contributed by atoms with Crippen LogP contribution in [0.2, 0.25) is 0 Å². The highest BCUT2D eigenvalue weighted by atomic mass is 16.7. The minimum absolute atomic E-state index is 0.00518. The molecule has 3 heteroatoms. The van der Waals surface area contributed by atoms with Crippen LogP contribution in [0.4, 0.5) is 0 Å².